The number of hydrogen-bond donors (Lipinski definition) is 3. The zero-order chi connectivity index (χ0) is 11.0. The van der Waals surface area contributed by atoms with Gasteiger partial charge in [-0.05, 0) is 13.0 Å². The molecule has 0 aromatic heterocycles. The Hall–Kier alpha value is -0.940. The van der Waals surface area contributed by atoms with Gasteiger partial charge in [0, 0.05) is 0 Å². The highest BCUT2D eigenvalue weighted by molar-refractivity contribution is 6.02. The van der Waals surface area contributed by atoms with Crippen molar-refractivity contribution in [3.63, 3.8) is 0 Å². The van der Waals surface area contributed by atoms with Gasteiger partial charge in [-0.3, -0.25) is 14.9 Å². The normalized spacial score (nSPS) is 12.4. The summed E-state index contributed by atoms with van der Waals surface area (Å²) in [6.07, 6.45) is 2.86. The first-order chi connectivity index (χ1) is 6.63. The van der Waals surface area contributed by atoms with E-state index in [2.05, 4.69) is 5.32 Å². The molecule has 0 fully saturated rings. The maximum Gasteiger partial charge on any atom is 0.328 e. The summed E-state index contributed by atoms with van der Waals surface area (Å²) in [7, 11) is 0. The van der Waals surface area contributed by atoms with E-state index in [9.17, 15) is 9.59 Å². The van der Waals surface area contributed by atoms with Crippen molar-refractivity contribution < 1.29 is 19.8 Å². The summed E-state index contributed by atoms with van der Waals surface area (Å²) in [6.45, 7) is 1.78. The Morgan fingerprint density at radius 2 is 2.00 bits per heavy atom. The number of aliphatic hydroxyl groups excluding tert-OH is 1. The van der Waals surface area contributed by atoms with Crippen LogP contribution < -0.4 is 5.32 Å². The minimum absolute atomic E-state index is 0.483. The van der Waals surface area contributed by atoms with E-state index in [0.29, 0.717) is 6.54 Å². The molecule has 0 amide bonds. The Bertz CT molecular complexity index is 193. The van der Waals surface area contributed by atoms with Crippen LogP contribution in [-0.2, 0) is 9.59 Å². The van der Waals surface area contributed by atoms with Gasteiger partial charge in [-0.25, -0.2) is 0 Å². The van der Waals surface area contributed by atoms with E-state index in [4.69, 9.17) is 10.2 Å². The third-order valence-electron chi connectivity index (χ3n) is 1.85. The summed E-state index contributed by atoms with van der Waals surface area (Å²) in [5, 5.41) is 19.7. The fraction of sp³-hybridized carbons (Fsp3) is 0.778. The van der Waals surface area contributed by atoms with Crippen molar-refractivity contribution in [3.8, 4) is 0 Å². The smallest absolute Gasteiger partial charge is 0.328 e. The number of unbranched alkanes of at least 4 members (excludes halogenated alkanes) is 2. The molecule has 0 saturated carbocycles. The number of carbonyl (C=O) groups is 2. The van der Waals surface area contributed by atoms with Crippen molar-refractivity contribution in [1.82, 2.24) is 5.32 Å². The SMILES string of the molecule is CCCCCNC(C(=O)O)C(=O)CO. The maximum absolute atomic E-state index is 10.9. The van der Waals surface area contributed by atoms with Gasteiger partial charge in [-0.2, -0.15) is 0 Å². The predicted molar refractivity (Wildman–Crippen MR) is 51.0 cm³/mol. The van der Waals surface area contributed by atoms with Gasteiger partial charge in [0.25, 0.3) is 0 Å². The van der Waals surface area contributed by atoms with Gasteiger partial charge in [-0.15, -0.1) is 0 Å². The molecule has 0 aliphatic carbocycles. The quantitative estimate of drug-likeness (QED) is 0.375. The number of rotatable bonds is 8. The molecule has 0 aromatic rings. The minimum atomic E-state index is -1.27. The van der Waals surface area contributed by atoms with E-state index in [0.717, 1.165) is 19.3 Å². The molecule has 82 valence electrons. The van der Waals surface area contributed by atoms with Crippen molar-refractivity contribution in [2.24, 2.45) is 0 Å². The van der Waals surface area contributed by atoms with Gasteiger partial charge in [0.2, 0.25) is 0 Å². The highest BCUT2D eigenvalue weighted by atomic mass is 16.4. The van der Waals surface area contributed by atoms with E-state index in [1.54, 1.807) is 0 Å². The second kappa shape index (κ2) is 7.46. The first-order valence-electron chi connectivity index (χ1n) is 4.73. The predicted octanol–water partition coefficient (Wildman–Crippen LogP) is -0.219. The van der Waals surface area contributed by atoms with Crippen LogP contribution in [0.25, 0.3) is 0 Å². The van der Waals surface area contributed by atoms with Crippen LogP contribution >= 0.6 is 0 Å². The molecule has 0 aliphatic rings. The first kappa shape index (κ1) is 13.1. The second-order valence-corrected chi connectivity index (χ2v) is 3.06. The van der Waals surface area contributed by atoms with Crippen LogP contribution in [0.4, 0.5) is 0 Å². The van der Waals surface area contributed by atoms with Crippen LogP contribution in [0.1, 0.15) is 26.2 Å². The van der Waals surface area contributed by atoms with Crippen LogP contribution in [0.2, 0.25) is 0 Å². The minimum Gasteiger partial charge on any atom is -0.480 e. The number of carbonyl (C=O) groups excluding carboxylic acids is 1. The Balaban J connectivity index is 3.86. The first-order valence-corrected chi connectivity index (χ1v) is 4.73. The van der Waals surface area contributed by atoms with Crippen LogP contribution in [0.15, 0.2) is 0 Å². The van der Waals surface area contributed by atoms with Gasteiger partial charge in [0.05, 0.1) is 0 Å². The van der Waals surface area contributed by atoms with Crippen LogP contribution in [0, 0.1) is 0 Å². The summed E-state index contributed by atoms with van der Waals surface area (Å²) in [4.78, 5) is 21.5. The molecule has 14 heavy (non-hydrogen) atoms. The largest absolute Gasteiger partial charge is 0.480 e. The molecule has 0 aliphatic heterocycles. The van der Waals surface area contributed by atoms with Gasteiger partial charge < -0.3 is 10.2 Å². The Kier molecular flexibility index (Phi) is 6.96. The second-order valence-electron chi connectivity index (χ2n) is 3.06. The number of carboxylic acids is 1. The topological polar surface area (TPSA) is 86.6 Å². The lowest BCUT2D eigenvalue weighted by atomic mass is 10.2. The monoisotopic (exact) mass is 203 g/mol. The van der Waals surface area contributed by atoms with E-state index in [1.807, 2.05) is 6.92 Å². The molecule has 1 unspecified atom stereocenters. The van der Waals surface area contributed by atoms with Crippen LogP contribution in [0.3, 0.4) is 0 Å². The van der Waals surface area contributed by atoms with E-state index in [1.165, 1.54) is 0 Å². The number of ketones is 1. The zero-order valence-electron chi connectivity index (χ0n) is 8.32. The van der Waals surface area contributed by atoms with Gasteiger partial charge in [-0.1, -0.05) is 19.8 Å². The number of nitrogens with one attached hydrogen (secondary N) is 1. The molecule has 0 heterocycles. The molecular formula is C9H17NO4. The maximum atomic E-state index is 10.9. The molecular weight excluding hydrogens is 186 g/mol. The third kappa shape index (κ3) is 4.94. The Morgan fingerprint density at radius 1 is 1.36 bits per heavy atom. The summed E-state index contributed by atoms with van der Waals surface area (Å²) < 4.78 is 0. The number of carboxylic acid groups (broad SMARTS) is 1. The van der Waals surface area contributed by atoms with Crippen molar-refractivity contribution in [3.05, 3.63) is 0 Å². The van der Waals surface area contributed by atoms with E-state index >= 15 is 0 Å². The standard InChI is InChI=1S/C9H17NO4/c1-2-3-4-5-10-8(9(13)14)7(12)6-11/h8,10-11H,2-6H2,1H3,(H,13,14). The summed E-state index contributed by atoms with van der Waals surface area (Å²) in [6, 6.07) is -1.27. The molecule has 0 rings (SSSR count). The molecule has 0 saturated heterocycles. The number of aliphatic carboxylic acids is 1. The highest BCUT2D eigenvalue weighted by Gasteiger charge is 2.23. The summed E-state index contributed by atoms with van der Waals surface area (Å²) in [5.41, 5.74) is 0. The molecule has 0 spiro atoms. The lowest BCUT2D eigenvalue weighted by molar-refractivity contribution is -0.144. The van der Waals surface area contributed by atoms with E-state index < -0.39 is 24.4 Å². The zero-order valence-corrected chi connectivity index (χ0v) is 8.32. The van der Waals surface area contributed by atoms with Crippen molar-refractivity contribution >= 4 is 11.8 Å². The molecule has 1 atom stereocenters. The van der Waals surface area contributed by atoms with Crippen LogP contribution in [0.5, 0.6) is 0 Å². The number of Topliss-reactive ketones (excluding diaryl/α,β-unsaturated/α-hetero) is 1. The van der Waals surface area contributed by atoms with Crippen LogP contribution in [-0.4, -0.2) is 41.2 Å². The lowest BCUT2D eigenvalue weighted by Crippen LogP contribution is -2.45. The van der Waals surface area contributed by atoms with Crippen molar-refractivity contribution in [2.75, 3.05) is 13.2 Å². The Morgan fingerprint density at radius 3 is 2.43 bits per heavy atom. The fourth-order valence-corrected chi connectivity index (χ4v) is 1.05. The lowest BCUT2D eigenvalue weighted by Gasteiger charge is -2.11. The third-order valence-corrected chi connectivity index (χ3v) is 1.85. The molecule has 0 bridgehead atoms. The average molecular weight is 203 g/mol. The highest BCUT2D eigenvalue weighted by Crippen LogP contribution is 1.93. The number of aliphatic hydroxyl groups is 1. The summed E-state index contributed by atoms with van der Waals surface area (Å²) >= 11 is 0. The molecule has 5 heteroatoms. The molecule has 3 N–H and O–H groups in total. The number of hydrogen-bond acceptors (Lipinski definition) is 4. The fourth-order valence-electron chi connectivity index (χ4n) is 1.05. The molecule has 0 radical (unpaired) electrons. The Labute approximate surface area is 83.1 Å². The van der Waals surface area contributed by atoms with Crippen molar-refractivity contribution in [2.45, 2.75) is 32.2 Å². The van der Waals surface area contributed by atoms with Gasteiger partial charge in [0.1, 0.15) is 6.61 Å². The molecule has 5 nitrogen and oxygen atoms in total. The summed E-state index contributed by atoms with van der Waals surface area (Å²) in [5.74, 6) is -1.94. The van der Waals surface area contributed by atoms with E-state index in [-0.39, 0.29) is 0 Å². The average Bonchev–Trinajstić information content (AvgIpc) is 2.16. The molecule has 0 aromatic carbocycles. The van der Waals surface area contributed by atoms with Gasteiger partial charge in [0.15, 0.2) is 11.8 Å². The van der Waals surface area contributed by atoms with Crippen molar-refractivity contribution in [1.29, 1.82) is 0 Å². The van der Waals surface area contributed by atoms with Gasteiger partial charge >= 0.3 is 5.97 Å².